The average Bonchev–Trinajstić information content (AvgIpc) is 2.24. The molecule has 0 aromatic heterocycles. The highest BCUT2D eigenvalue weighted by atomic mass is 35.5. The highest BCUT2D eigenvalue weighted by Gasteiger charge is 2.29. The Morgan fingerprint density at radius 2 is 1.89 bits per heavy atom. The van der Waals surface area contributed by atoms with Gasteiger partial charge in [0.15, 0.2) is 0 Å². The second-order valence-corrected chi connectivity index (χ2v) is 6.67. The van der Waals surface area contributed by atoms with Crippen LogP contribution in [0.2, 0.25) is 5.02 Å². The quantitative estimate of drug-likeness (QED) is 0.776. The van der Waals surface area contributed by atoms with Crippen molar-refractivity contribution in [2.45, 2.75) is 34.1 Å². The predicted molar refractivity (Wildman–Crippen MR) is 74.7 cm³/mol. The number of hydrogen-bond donors (Lipinski definition) is 0. The van der Waals surface area contributed by atoms with Crippen molar-refractivity contribution in [2.75, 3.05) is 6.61 Å². The van der Waals surface area contributed by atoms with Gasteiger partial charge in [-0.3, -0.25) is 0 Å². The van der Waals surface area contributed by atoms with Gasteiger partial charge in [-0.15, -0.1) is 0 Å². The molecule has 0 N–H and O–H groups in total. The zero-order valence-corrected chi connectivity index (χ0v) is 12.5. The van der Waals surface area contributed by atoms with Gasteiger partial charge in [0.25, 0.3) is 0 Å². The summed E-state index contributed by atoms with van der Waals surface area (Å²) in [7, 11) is 0. The molecule has 0 atom stereocenters. The molecule has 1 aromatic carbocycles. The fourth-order valence-corrected chi connectivity index (χ4v) is 2.39. The lowest BCUT2D eigenvalue weighted by Crippen LogP contribution is -2.28. The summed E-state index contributed by atoms with van der Waals surface area (Å²) in [6, 6.07) is 6.39. The van der Waals surface area contributed by atoms with Crippen molar-refractivity contribution in [3.63, 3.8) is 0 Å². The molecule has 0 amide bonds. The molecule has 0 spiro atoms. The average molecular weight is 284 g/mol. The molecule has 0 saturated carbocycles. The molecule has 4 heteroatoms. The Labute approximate surface area is 119 Å². The van der Waals surface area contributed by atoms with E-state index in [0.717, 1.165) is 0 Å². The van der Waals surface area contributed by atoms with Crippen molar-refractivity contribution in [3.8, 4) is 11.8 Å². The fraction of sp³-hybridized carbons (Fsp3) is 0.533. The first-order valence-corrected chi connectivity index (χ1v) is 6.52. The normalized spacial score (nSPS) is 12.1. The summed E-state index contributed by atoms with van der Waals surface area (Å²) < 4.78 is 18.8. The molecule has 0 aliphatic heterocycles. The molecule has 0 unspecified atom stereocenters. The fourth-order valence-electron chi connectivity index (χ4n) is 2.18. The van der Waals surface area contributed by atoms with Crippen molar-refractivity contribution in [1.29, 1.82) is 5.26 Å². The van der Waals surface area contributed by atoms with E-state index in [1.807, 2.05) is 27.7 Å². The molecule has 19 heavy (non-hydrogen) atoms. The smallest absolute Gasteiger partial charge is 0.128 e. The van der Waals surface area contributed by atoms with Gasteiger partial charge in [-0.2, -0.15) is 5.26 Å². The van der Waals surface area contributed by atoms with Crippen molar-refractivity contribution in [3.05, 3.63) is 29.0 Å². The Bertz CT molecular complexity index is 471. The third kappa shape index (κ3) is 5.48. The van der Waals surface area contributed by atoms with Gasteiger partial charge in [0, 0.05) is 16.5 Å². The van der Waals surface area contributed by atoms with Gasteiger partial charge >= 0.3 is 0 Å². The number of nitrogens with zero attached hydrogens (tertiary/aromatic N) is 1. The summed E-state index contributed by atoms with van der Waals surface area (Å²) in [5, 5.41) is 9.37. The minimum Gasteiger partial charge on any atom is -0.493 e. The largest absolute Gasteiger partial charge is 0.493 e. The maximum Gasteiger partial charge on any atom is 0.128 e. The number of benzene rings is 1. The van der Waals surface area contributed by atoms with E-state index in [1.165, 1.54) is 12.1 Å². The Hall–Kier alpha value is -1.27. The van der Waals surface area contributed by atoms with Crippen LogP contribution in [-0.2, 0) is 0 Å². The van der Waals surface area contributed by atoms with Crippen LogP contribution in [0.25, 0.3) is 0 Å². The Kier molecular flexibility index (Phi) is 4.81. The van der Waals surface area contributed by atoms with Gasteiger partial charge in [-0.25, -0.2) is 4.39 Å². The van der Waals surface area contributed by atoms with Gasteiger partial charge < -0.3 is 4.74 Å². The topological polar surface area (TPSA) is 33.0 Å². The lowest BCUT2D eigenvalue weighted by molar-refractivity contribution is 0.137. The molecule has 0 saturated heterocycles. The van der Waals surface area contributed by atoms with Gasteiger partial charge in [-0.05, 0) is 32.4 Å². The summed E-state index contributed by atoms with van der Waals surface area (Å²) in [6.07, 6.45) is 0.694. The van der Waals surface area contributed by atoms with Gasteiger partial charge in [0.2, 0.25) is 0 Å². The summed E-state index contributed by atoms with van der Waals surface area (Å²) in [6.45, 7) is 8.24. The third-order valence-corrected chi connectivity index (χ3v) is 2.91. The van der Waals surface area contributed by atoms with Gasteiger partial charge in [0.05, 0.1) is 18.1 Å². The maximum absolute atomic E-state index is 13.2. The summed E-state index contributed by atoms with van der Waals surface area (Å²) >= 11 is 5.77. The van der Waals surface area contributed by atoms with E-state index < -0.39 is 11.2 Å². The summed E-state index contributed by atoms with van der Waals surface area (Å²) in [4.78, 5) is 0. The monoisotopic (exact) mass is 283 g/mol. The van der Waals surface area contributed by atoms with E-state index in [1.54, 1.807) is 6.07 Å². The van der Waals surface area contributed by atoms with E-state index in [0.29, 0.717) is 23.8 Å². The second kappa shape index (κ2) is 5.79. The number of hydrogen-bond acceptors (Lipinski definition) is 2. The lowest BCUT2D eigenvalue weighted by atomic mass is 9.76. The molecule has 0 bridgehead atoms. The highest BCUT2D eigenvalue weighted by molar-refractivity contribution is 6.30. The van der Waals surface area contributed by atoms with E-state index in [4.69, 9.17) is 21.6 Å². The van der Waals surface area contributed by atoms with E-state index in [9.17, 15) is 4.39 Å². The molecule has 1 rings (SSSR count). The first-order chi connectivity index (χ1) is 8.63. The van der Waals surface area contributed by atoms with Crippen LogP contribution in [0.15, 0.2) is 18.2 Å². The van der Waals surface area contributed by atoms with Crippen LogP contribution in [0.5, 0.6) is 5.75 Å². The van der Waals surface area contributed by atoms with Gasteiger partial charge in [-0.1, -0.05) is 25.4 Å². The van der Waals surface area contributed by atoms with Crippen molar-refractivity contribution in [2.24, 2.45) is 10.8 Å². The molecule has 0 heterocycles. The molecule has 0 aliphatic carbocycles. The Balaban J connectivity index is 2.67. The molecular formula is C15H19ClFNO. The minimum absolute atomic E-state index is 0.183. The number of halogens is 2. The van der Waals surface area contributed by atoms with Crippen LogP contribution in [-0.4, -0.2) is 6.61 Å². The number of nitriles is 1. The highest BCUT2D eigenvalue weighted by Crippen LogP contribution is 2.34. The molecule has 1 aromatic rings. The molecule has 2 nitrogen and oxygen atoms in total. The van der Waals surface area contributed by atoms with Crippen LogP contribution in [0, 0.1) is 28.0 Å². The van der Waals surface area contributed by atoms with Crippen molar-refractivity contribution >= 4 is 11.6 Å². The Morgan fingerprint density at radius 1 is 1.26 bits per heavy atom. The van der Waals surface area contributed by atoms with Crippen molar-refractivity contribution < 1.29 is 9.13 Å². The first-order valence-electron chi connectivity index (χ1n) is 6.14. The molecule has 0 fully saturated rings. The zero-order chi connectivity index (χ0) is 14.7. The summed E-state index contributed by atoms with van der Waals surface area (Å²) in [5.74, 6) is -0.00880. The standard InChI is InChI=1S/C15H19ClFNO/c1-14(2,9-18)8-15(3,4)10-19-13-6-11(16)5-12(17)7-13/h5-7H,8,10H2,1-4H3. The maximum atomic E-state index is 13.2. The van der Waals surface area contributed by atoms with E-state index in [2.05, 4.69) is 6.07 Å². The molecule has 0 radical (unpaired) electrons. The number of rotatable bonds is 5. The Morgan fingerprint density at radius 3 is 2.42 bits per heavy atom. The van der Waals surface area contributed by atoms with Crippen LogP contribution in [0.1, 0.15) is 34.1 Å². The van der Waals surface area contributed by atoms with Crippen LogP contribution in [0.4, 0.5) is 4.39 Å². The SMILES string of the molecule is CC(C)(C#N)CC(C)(C)COc1cc(F)cc(Cl)c1. The van der Waals surface area contributed by atoms with Crippen LogP contribution in [0.3, 0.4) is 0 Å². The van der Waals surface area contributed by atoms with Gasteiger partial charge in [0.1, 0.15) is 11.6 Å². The summed E-state index contributed by atoms with van der Waals surface area (Å²) in [5.41, 5.74) is -0.593. The zero-order valence-electron chi connectivity index (χ0n) is 11.8. The van der Waals surface area contributed by atoms with Crippen molar-refractivity contribution in [1.82, 2.24) is 0 Å². The third-order valence-electron chi connectivity index (χ3n) is 2.69. The second-order valence-electron chi connectivity index (χ2n) is 6.23. The van der Waals surface area contributed by atoms with E-state index in [-0.39, 0.29) is 5.41 Å². The first kappa shape index (κ1) is 15.8. The molecule has 0 aliphatic rings. The molecular weight excluding hydrogens is 265 g/mol. The lowest BCUT2D eigenvalue weighted by Gasteiger charge is -2.30. The minimum atomic E-state index is -0.419. The van der Waals surface area contributed by atoms with Crippen LogP contribution >= 0.6 is 11.6 Å². The van der Waals surface area contributed by atoms with E-state index >= 15 is 0 Å². The predicted octanol–water partition coefficient (Wildman–Crippen LogP) is 4.82. The number of ether oxygens (including phenoxy) is 1. The van der Waals surface area contributed by atoms with Crippen LogP contribution < -0.4 is 4.74 Å². The molecule has 104 valence electrons.